The lowest BCUT2D eigenvalue weighted by Gasteiger charge is -2.21. The number of nitrogens with zero attached hydrogens (tertiary/aromatic N) is 2. The van der Waals surface area contributed by atoms with E-state index in [2.05, 4.69) is 0 Å². The van der Waals surface area contributed by atoms with E-state index in [9.17, 15) is 9.59 Å². The van der Waals surface area contributed by atoms with Gasteiger partial charge in [-0.2, -0.15) is 0 Å². The second-order valence-electron chi connectivity index (χ2n) is 6.08. The molecule has 1 heterocycles. The Kier molecular flexibility index (Phi) is 7.36. The van der Waals surface area contributed by atoms with Gasteiger partial charge in [-0.1, -0.05) is 42.5 Å². The summed E-state index contributed by atoms with van der Waals surface area (Å²) >= 11 is 0. The molecular formula is C21H26N2O3. The van der Waals surface area contributed by atoms with E-state index in [1.54, 1.807) is 21.6 Å². The van der Waals surface area contributed by atoms with Crippen molar-refractivity contribution in [3.63, 3.8) is 0 Å². The quantitative estimate of drug-likeness (QED) is 0.793. The average molecular weight is 354 g/mol. The number of carbonyl (C=O) groups is 1. The van der Waals surface area contributed by atoms with Crippen LogP contribution in [-0.2, 0) is 6.54 Å². The van der Waals surface area contributed by atoms with Crippen LogP contribution in [-0.4, -0.2) is 40.2 Å². The fraction of sp³-hybridized carbons (Fsp3) is 0.333. The van der Waals surface area contributed by atoms with Gasteiger partial charge in [0.2, 0.25) is 0 Å². The number of aromatic nitrogens is 1. The number of carbonyl (C=O) groups excluding carboxylic acids is 1. The van der Waals surface area contributed by atoms with Crippen LogP contribution in [0.3, 0.4) is 0 Å². The Morgan fingerprint density at radius 3 is 2.58 bits per heavy atom. The molecule has 0 aliphatic carbocycles. The van der Waals surface area contributed by atoms with E-state index in [1.165, 1.54) is 0 Å². The molecule has 138 valence electrons. The fourth-order valence-electron chi connectivity index (χ4n) is 2.81. The van der Waals surface area contributed by atoms with Crippen molar-refractivity contribution in [3.05, 3.63) is 75.7 Å². The second kappa shape index (κ2) is 9.73. The number of benzene rings is 1. The Morgan fingerprint density at radius 2 is 1.92 bits per heavy atom. The maximum atomic E-state index is 12.9. The van der Waals surface area contributed by atoms with Gasteiger partial charge in [-0.25, -0.2) is 0 Å². The van der Waals surface area contributed by atoms with Crippen LogP contribution in [0.5, 0.6) is 0 Å². The first kappa shape index (κ1) is 19.7. The highest BCUT2D eigenvalue weighted by Gasteiger charge is 2.19. The Morgan fingerprint density at radius 1 is 1.19 bits per heavy atom. The van der Waals surface area contributed by atoms with Crippen molar-refractivity contribution in [1.29, 1.82) is 0 Å². The fourth-order valence-corrected chi connectivity index (χ4v) is 2.81. The maximum Gasteiger partial charge on any atom is 0.263 e. The van der Waals surface area contributed by atoms with Gasteiger partial charge in [0, 0.05) is 31.9 Å². The maximum absolute atomic E-state index is 12.9. The Hall–Kier alpha value is -2.66. The average Bonchev–Trinajstić information content (AvgIpc) is 2.65. The highest BCUT2D eigenvalue weighted by molar-refractivity contribution is 5.94. The number of aliphatic hydroxyl groups is 1. The molecule has 0 radical (unpaired) electrons. The number of rotatable bonds is 8. The van der Waals surface area contributed by atoms with Gasteiger partial charge in [0.15, 0.2) is 0 Å². The van der Waals surface area contributed by atoms with Crippen molar-refractivity contribution >= 4 is 12.0 Å². The van der Waals surface area contributed by atoms with E-state index in [0.717, 1.165) is 11.3 Å². The predicted molar refractivity (Wildman–Crippen MR) is 104 cm³/mol. The van der Waals surface area contributed by atoms with Crippen LogP contribution in [0.25, 0.3) is 6.08 Å². The summed E-state index contributed by atoms with van der Waals surface area (Å²) < 4.78 is 1.59. The molecule has 0 atom stereocenters. The lowest BCUT2D eigenvalue weighted by atomic mass is 10.2. The lowest BCUT2D eigenvalue weighted by Crippen LogP contribution is -2.38. The Bertz CT molecular complexity index is 810. The number of aryl methyl sites for hydroxylation is 1. The molecule has 0 bridgehead atoms. The SMILES string of the molecule is CCn1c(C)ccc(C(=O)N(CC=Cc2ccccc2)CCCO)c1=O. The molecule has 0 saturated carbocycles. The number of aliphatic hydroxyl groups excluding tert-OH is 1. The smallest absolute Gasteiger partial charge is 0.263 e. The first-order chi connectivity index (χ1) is 12.6. The molecular weight excluding hydrogens is 328 g/mol. The van der Waals surface area contributed by atoms with Gasteiger partial charge < -0.3 is 14.6 Å². The minimum Gasteiger partial charge on any atom is -0.396 e. The van der Waals surface area contributed by atoms with Crippen LogP contribution in [0.4, 0.5) is 0 Å². The van der Waals surface area contributed by atoms with E-state index in [-0.39, 0.29) is 23.6 Å². The predicted octanol–water partition coefficient (Wildman–Crippen LogP) is 2.71. The molecule has 5 nitrogen and oxygen atoms in total. The molecule has 0 unspecified atom stereocenters. The molecule has 0 aliphatic rings. The van der Waals surface area contributed by atoms with Crippen LogP contribution in [0.15, 0.2) is 53.3 Å². The summed E-state index contributed by atoms with van der Waals surface area (Å²) in [6.07, 6.45) is 4.31. The summed E-state index contributed by atoms with van der Waals surface area (Å²) in [5.74, 6) is -0.302. The van der Waals surface area contributed by atoms with Crippen LogP contribution >= 0.6 is 0 Å². The third-order valence-electron chi connectivity index (χ3n) is 4.25. The van der Waals surface area contributed by atoms with E-state index in [0.29, 0.717) is 26.1 Å². The highest BCUT2D eigenvalue weighted by atomic mass is 16.3. The molecule has 5 heteroatoms. The van der Waals surface area contributed by atoms with E-state index < -0.39 is 0 Å². The summed E-state index contributed by atoms with van der Waals surface area (Å²) in [6, 6.07) is 13.2. The Labute approximate surface area is 154 Å². The molecule has 1 aromatic carbocycles. The second-order valence-corrected chi connectivity index (χ2v) is 6.08. The molecule has 1 N–H and O–H groups in total. The summed E-state index contributed by atoms with van der Waals surface area (Å²) in [5.41, 5.74) is 1.78. The van der Waals surface area contributed by atoms with Crippen LogP contribution in [0.2, 0.25) is 0 Å². The zero-order valence-corrected chi connectivity index (χ0v) is 15.4. The van der Waals surface area contributed by atoms with E-state index in [4.69, 9.17) is 5.11 Å². The van der Waals surface area contributed by atoms with Crippen molar-refractivity contribution < 1.29 is 9.90 Å². The molecule has 1 amide bonds. The van der Waals surface area contributed by atoms with Crippen molar-refractivity contribution in [3.8, 4) is 0 Å². The number of pyridine rings is 1. The van der Waals surface area contributed by atoms with Crippen LogP contribution in [0, 0.1) is 6.92 Å². The van der Waals surface area contributed by atoms with Gasteiger partial charge in [0.05, 0.1) is 0 Å². The number of hydrogen-bond donors (Lipinski definition) is 1. The van der Waals surface area contributed by atoms with Gasteiger partial charge in [0.25, 0.3) is 11.5 Å². The number of hydrogen-bond acceptors (Lipinski definition) is 3. The third-order valence-corrected chi connectivity index (χ3v) is 4.25. The number of amides is 1. The molecule has 1 aromatic heterocycles. The summed E-state index contributed by atoms with van der Waals surface area (Å²) in [7, 11) is 0. The van der Waals surface area contributed by atoms with Crippen molar-refractivity contribution in [2.75, 3.05) is 19.7 Å². The molecule has 0 saturated heterocycles. The topological polar surface area (TPSA) is 62.5 Å². The monoisotopic (exact) mass is 354 g/mol. The lowest BCUT2D eigenvalue weighted by molar-refractivity contribution is 0.0762. The molecule has 0 spiro atoms. The van der Waals surface area contributed by atoms with Gasteiger partial charge in [-0.3, -0.25) is 9.59 Å². The molecule has 26 heavy (non-hydrogen) atoms. The zero-order valence-electron chi connectivity index (χ0n) is 15.4. The first-order valence-electron chi connectivity index (χ1n) is 8.90. The minimum absolute atomic E-state index is 0.000725. The van der Waals surface area contributed by atoms with Crippen molar-refractivity contribution in [2.45, 2.75) is 26.8 Å². The van der Waals surface area contributed by atoms with Crippen molar-refractivity contribution in [2.24, 2.45) is 0 Å². The van der Waals surface area contributed by atoms with Crippen LogP contribution in [0.1, 0.15) is 35.0 Å². The Balaban J connectivity index is 2.22. The highest BCUT2D eigenvalue weighted by Crippen LogP contribution is 2.06. The summed E-state index contributed by atoms with van der Waals surface area (Å²) in [6.45, 7) is 5.04. The van der Waals surface area contributed by atoms with Gasteiger partial charge in [-0.05, 0) is 38.0 Å². The van der Waals surface area contributed by atoms with Crippen LogP contribution < -0.4 is 5.56 Å². The molecule has 2 rings (SSSR count). The summed E-state index contributed by atoms with van der Waals surface area (Å²) in [5, 5.41) is 9.12. The molecule has 2 aromatic rings. The largest absolute Gasteiger partial charge is 0.396 e. The standard InChI is InChI=1S/C21H26N2O3/c1-3-23-17(2)12-13-19(21(23)26)20(25)22(15-8-16-24)14-7-11-18-9-5-4-6-10-18/h4-7,9-13,24H,3,8,14-16H2,1-2H3. The van der Waals surface area contributed by atoms with Crippen molar-refractivity contribution in [1.82, 2.24) is 9.47 Å². The first-order valence-corrected chi connectivity index (χ1v) is 8.90. The van der Waals surface area contributed by atoms with E-state index >= 15 is 0 Å². The third kappa shape index (κ3) is 4.92. The summed E-state index contributed by atoms with van der Waals surface area (Å²) in [4.78, 5) is 27.1. The molecule has 0 aliphatic heterocycles. The minimum atomic E-state index is -0.302. The van der Waals surface area contributed by atoms with Gasteiger partial charge in [0.1, 0.15) is 5.56 Å². The molecule has 0 fully saturated rings. The normalized spacial score (nSPS) is 11.0. The van der Waals surface area contributed by atoms with Gasteiger partial charge in [-0.15, -0.1) is 0 Å². The zero-order chi connectivity index (χ0) is 18.9. The van der Waals surface area contributed by atoms with Gasteiger partial charge >= 0.3 is 0 Å². The van der Waals surface area contributed by atoms with E-state index in [1.807, 2.05) is 56.3 Å².